The molecule has 2 aromatic rings. The molecule has 1 aliphatic rings. The van der Waals surface area contributed by atoms with Gasteiger partial charge in [-0.15, -0.1) is 0 Å². The Hall–Kier alpha value is -2.53. The Morgan fingerprint density at radius 2 is 2.00 bits per heavy atom. The normalized spacial score (nSPS) is 15.8. The largest absolute Gasteiger partial charge is 0.487 e. The summed E-state index contributed by atoms with van der Waals surface area (Å²) in [6.07, 6.45) is 0.124. The Morgan fingerprint density at radius 3 is 2.77 bits per heavy atom. The summed E-state index contributed by atoms with van der Waals surface area (Å²) in [5, 5.41) is 3.21. The fraction of sp³-hybridized carbons (Fsp3) is 0.300. The van der Waals surface area contributed by atoms with Crippen molar-refractivity contribution >= 4 is 34.8 Å². The third-order valence-electron chi connectivity index (χ3n) is 4.19. The maximum absolute atomic E-state index is 12.7. The lowest BCUT2D eigenvalue weighted by atomic mass is 10.1. The van der Waals surface area contributed by atoms with Crippen LogP contribution in [0, 0.1) is 6.92 Å². The molecular weight excluding hydrogens is 352 g/mol. The van der Waals surface area contributed by atoms with Crippen LogP contribution in [-0.4, -0.2) is 24.5 Å². The molecular formula is C20H21ClN2O3. The molecule has 0 spiro atoms. The smallest absolute Gasteiger partial charge is 0.227 e. The Balaban J connectivity index is 1.64. The lowest BCUT2D eigenvalue weighted by molar-refractivity contribution is -0.122. The number of carbonyl (C=O) groups excluding carboxylic acids is 2. The van der Waals surface area contributed by atoms with E-state index >= 15 is 0 Å². The number of benzene rings is 2. The van der Waals surface area contributed by atoms with Crippen LogP contribution in [0.25, 0.3) is 0 Å². The minimum Gasteiger partial charge on any atom is -0.487 e. The number of halogens is 1. The first-order chi connectivity index (χ1) is 12.4. The second-order valence-electron chi connectivity index (χ2n) is 6.43. The van der Waals surface area contributed by atoms with Crippen molar-refractivity contribution in [3.63, 3.8) is 0 Å². The van der Waals surface area contributed by atoms with Crippen LogP contribution in [0.15, 0.2) is 42.5 Å². The molecule has 0 saturated carbocycles. The maximum atomic E-state index is 12.7. The Morgan fingerprint density at radius 1 is 1.23 bits per heavy atom. The number of rotatable bonds is 4. The number of nitrogens with one attached hydrogen (secondary N) is 1. The van der Waals surface area contributed by atoms with Gasteiger partial charge < -0.3 is 15.0 Å². The van der Waals surface area contributed by atoms with Gasteiger partial charge in [-0.25, -0.2) is 0 Å². The fourth-order valence-corrected chi connectivity index (χ4v) is 3.10. The first kappa shape index (κ1) is 18.3. The second kappa shape index (κ2) is 7.79. The molecule has 0 bridgehead atoms. The van der Waals surface area contributed by atoms with Crippen LogP contribution in [0.5, 0.6) is 5.75 Å². The summed E-state index contributed by atoms with van der Waals surface area (Å²) in [6, 6.07) is 12.8. The molecule has 0 radical (unpaired) electrons. The van der Waals surface area contributed by atoms with Gasteiger partial charge in [0.05, 0.1) is 22.9 Å². The zero-order valence-electron chi connectivity index (χ0n) is 14.8. The summed E-state index contributed by atoms with van der Waals surface area (Å²) < 4.78 is 5.80. The summed E-state index contributed by atoms with van der Waals surface area (Å²) in [6.45, 7) is 4.37. The topological polar surface area (TPSA) is 58.6 Å². The summed E-state index contributed by atoms with van der Waals surface area (Å²) in [7, 11) is 0. The number of aryl methyl sites for hydroxylation is 1. The highest BCUT2D eigenvalue weighted by atomic mass is 35.5. The molecule has 2 aromatic carbocycles. The summed E-state index contributed by atoms with van der Waals surface area (Å²) in [4.78, 5) is 26.6. The van der Waals surface area contributed by atoms with Gasteiger partial charge in [0.1, 0.15) is 11.9 Å². The molecule has 0 unspecified atom stereocenters. The number of nitrogens with zero attached hydrogens (tertiary/aromatic N) is 1. The van der Waals surface area contributed by atoms with Crippen LogP contribution in [-0.2, 0) is 9.59 Å². The molecule has 1 atom stereocenters. The van der Waals surface area contributed by atoms with Crippen molar-refractivity contribution in [1.82, 2.24) is 0 Å². The van der Waals surface area contributed by atoms with Crippen LogP contribution < -0.4 is 15.0 Å². The van der Waals surface area contributed by atoms with Crippen molar-refractivity contribution in [2.75, 3.05) is 16.8 Å². The van der Waals surface area contributed by atoms with Crippen LogP contribution >= 0.6 is 11.6 Å². The highest BCUT2D eigenvalue weighted by molar-refractivity contribution is 6.33. The van der Waals surface area contributed by atoms with Crippen LogP contribution in [0.2, 0.25) is 5.02 Å². The highest BCUT2D eigenvalue weighted by Crippen LogP contribution is 2.34. The number of ether oxygens (including phenoxy) is 1. The van der Waals surface area contributed by atoms with Crippen molar-refractivity contribution in [2.45, 2.75) is 32.8 Å². The number of anilines is 2. The van der Waals surface area contributed by atoms with E-state index in [4.69, 9.17) is 16.3 Å². The summed E-state index contributed by atoms with van der Waals surface area (Å²) in [5.74, 6) is 0.363. The van der Waals surface area contributed by atoms with E-state index in [0.29, 0.717) is 23.0 Å². The van der Waals surface area contributed by atoms with Crippen LogP contribution in [0.3, 0.4) is 0 Å². The molecule has 0 saturated heterocycles. The predicted molar refractivity (Wildman–Crippen MR) is 103 cm³/mol. The molecule has 26 heavy (non-hydrogen) atoms. The predicted octanol–water partition coefficient (Wildman–Crippen LogP) is 4.18. The van der Waals surface area contributed by atoms with Gasteiger partial charge in [-0.05, 0) is 43.7 Å². The molecule has 0 aliphatic carbocycles. The lowest BCUT2D eigenvalue weighted by Gasteiger charge is -2.33. The Labute approximate surface area is 157 Å². The first-order valence-electron chi connectivity index (χ1n) is 8.56. The third-order valence-corrected chi connectivity index (χ3v) is 4.52. The van der Waals surface area contributed by atoms with E-state index in [1.807, 2.05) is 32.0 Å². The average Bonchev–Trinajstić information content (AvgIpc) is 2.61. The quantitative estimate of drug-likeness (QED) is 0.875. The molecule has 1 aliphatic heterocycles. The molecule has 1 heterocycles. The van der Waals surface area contributed by atoms with E-state index < -0.39 is 0 Å². The zero-order chi connectivity index (χ0) is 18.7. The van der Waals surface area contributed by atoms with Gasteiger partial charge in [0.2, 0.25) is 11.8 Å². The van der Waals surface area contributed by atoms with Crippen molar-refractivity contribution in [2.24, 2.45) is 0 Å². The highest BCUT2D eigenvalue weighted by Gasteiger charge is 2.27. The van der Waals surface area contributed by atoms with Gasteiger partial charge >= 0.3 is 0 Å². The fourth-order valence-electron chi connectivity index (χ4n) is 2.91. The van der Waals surface area contributed by atoms with Crippen LogP contribution in [0.1, 0.15) is 25.3 Å². The number of amides is 2. The molecule has 2 amide bonds. The van der Waals surface area contributed by atoms with Gasteiger partial charge in [-0.1, -0.05) is 29.8 Å². The SMILES string of the molecule is Cc1ccc2c(c1)N(C(=O)CCC(=O)Nc1ccccc1Cl)C[C@H](C)O2. The number of carbonyl (C=O) groups is 2. The van der Waals surface area contributed by atoms with E-state index in [2.05, 4.69) is 5.32 Å². The molecule has 1 N–H and O–H groups in total. The van der Waals surface area contributed by atoms with E-state index in [0.717, 1.165) is 11.3 Å². The van der Waals surface area contributed by atoms with Crippen molar-refractivity contribution in [3.8, 4) is 5.75 Å². The van der Waals surface area contributed by atoms with Gasteiger partial charge in [0, 0.05) is 12.8 Å². The second-order valence-corrected chi connectivity index (χ2v) is 6.84. The van der Waals surface area contributed by atoms with Gasteiger partial charge in [0.25, 0.3) is 0 Å². The maximum Gasteiger partial charge on any atom is 0.227 e. The molecule has 0 aromatic heterocycles. The minimum atomic E-state index is -0.239. The van der Waals surface area contributed by atoms with E-state index in [1.165, 1.54) is 0 Å². The molecule has 5 nitrogen and oxygen atoms in total. The molecule has 3 rings (SSSR count). The van der Waals surface area contributed by atoms with E-state index in [1.54, 1.807) is 29.2 Å². The summed E-state index contributed by atoms with van der Waals surface area (Å²) in [5.41, 5.74) is 2.36. The number of hydrogen-bond acceptors (Lipinski definition) is 3. The average molecular weight is 373 g/mol. The standard InChI is InChI=1S/C20H21ClN2O3/c1-13-7-8-18-17(11-13)23(12-14(2)26-18)20(25)10-9-19(24)22-16-6-4-3-5-15(16)21/h3-8,11,14H,9-10,12H2,1-2H3,(H,22,24)/t14-/m0/s1. The van der Waals surface area contributed by atoms with Crippen molar-refractivity contribution in [3.05, 3.63) is 53.1 Å². The Bertz CT molecular complexity index is 838. The zero-order valence-corrected chi connectivity index (χ0v) is 15.5. The molecule has 0 fully saturated rings. The number of hydrogen-bond donors (Lipinski definition) is 1. The molecule has 136 valence electrons. The van der Waals surface area contributed by atoms with Crippen LogP contribution in [0.4, 0.5) is 11.4 Å². The van der Waals surface area contributed by atoms with E-state index in [9.17, 15) is 9.59 Å². The van der Waals surface area contributed by atoms with Gasteiger partial charge in [0.15, 0.2) is 0 Å². The number of fused-ring (bicyclic) bond motifs is 1. The first-order valence-corrected chi connectivity index (χ1v) is 8.94. The third kappa shape index (κ3) is 4.17. The van der Waals surface area contributed by atoms with Crippen molar-refractivity contribution in [1.29, 1.82) is 0 Å². The minimum absolute atomic E-state index is 0.0916. The summed E-state index contributed by atoms with van der Waals surface area (Å²) >= 11 is 6.04. The van der Waals surface area contributed by atoms with E-state index in [-0.39, 0.29) is 30.8 Å². The molecule has 6 heteroatoms. The monoisotopic (exact) mass is 372 g/mol. The van der Waals surface area contributed by atoms with Gasteiger partial charge in [-0.2, -0.15) is 0 Å². The Kier molecular flexibility index (Phi) is 5.47. The van der Waals surface area contributed by atoms with Crippen molar-refractivity contribution < 1.29 is 14.3 Å². The number of para-hydroxylation sites is 1. The van der Waals surface area contributed by atoms with Gasteiger partial charge in [-0.3, -0.25) is 9.59 Å². The lowest BCUT2D eigenvalue weighted by Crippen LogP contribution is -2.42.